The second kappa shape index (κ2) is 5.73. The number of hydrogen-bond acceptors (Lipinski definition) is 7. The molecule has 7 nitrogen and oxygen atoms in total. The van der Waals surface area contributed by atoms with E-state index in [9.17, 15) is 13.2 Å². The zero-order valence-corrected chi connectivity index (χ0v) is 12.4. The van der Waals surface area contributed by atoms with E-state index in [1.54, 1.807) is 0 Å². The highest BCUT2D eigenvalue weighted by atomic mass is 35.7. The summed E-state index contributed by atoms with van der Waals surface area (Å²) in [5.74, 6) is -0.230. The third-order valence-corrected chi connectivity index (χ3v) is 4.15. The van der Waals surface area contributed by atoms with Crippen molar-refractivity contribution in [2.75, 3.05) is 12.4 Å². The van der Waals surface area contributed by atoms with Crippen LogP contribution in [0, 0.1) is 0 Å². The first-order valence-electron chi connectivity index (χ1n) is 5.13. The number of carbonyl (C=O) groups is 1. The van der Waals surface area contributed by atoms with Crippen LogP contribution in [-0.2, 0) is 9.05 Å². The zero-order chi connectivity index (χ0) is 14.8. The van der Waals surface area contributed by atoms with Gasteiger partial charge < -0.3 is 10.1 Å². The average Bonchev–Trinajstić information content (AvgIpc) is 2.91. The van der Waals surface area contributed by atoms with E-state index in [0.29, 0.717) is 5.75 Å². The lowest BCUT2D eigenvalue weighted by molar-refractivity contribution is 0.102. The predicted molar refractivity (Wildman–Crippen MR) is 73.9 cm³/mol. The molecule has 0 unspecified atom stereocenters. The van der Waals surface area contributed by atoms with Crippen LogP contribution < -0.4 is 10.1 Å². The van der Waals surface area contributed by atoms with Gasteiger partial charge in [-0.2, -0.15) is 0 Å². The zero-order valence-electron chi connectivity index (χ0n) is 10.0. The quantitative estimate of drug-likeness (QED) is 0.855. The molecule has 0 saturated carbocycles. The normalized spacial score (nSPS) is 11.1. The Labute approximate surface area is 123 Å². The van der Waals surface area contributed by atoms with Crippen LogP contribution in [-0.4, -0.2) is 31.0 Å². The third-order valence-electron chi connectivity index (χ3n) is 2.29. The van der Waals surface area contributed by atoms with E-state index in [1.165, 1.54) is 30.7 Å². The van der Waals surface area contributed by atoms with Gasteiger partial charge in [0.25, 0.3) is 15.0 Å². The summed E-state index contributed by atoms with van der Waals surface area (Å²) in [6, 6.07) is 3.88. The van der Waals surface area contributed by atoms with Crippen LogP contribution in [0.1, 0.15) is 10.5 Å². The number of nitrogens with one attached hydrogen (secondary N) is 1. The van der Waals surface area contributed by atoms with E-state index in [4.69, 9.17) is 15.4 Å². The number of halogens is 1. The molecule has 1 N–H and O–H groups in total. The molecule has 0 bridgehead atoms. The van der Waals surface area contributed by atoms with Crippen molar-refractivity contribution < 1.29 is 17.9 Å². The number of anilines is 1. The molecule has 0 fully saturated rings. The summed E-state index contributed by atoms with van der Waals surface area (Å²) in [6.07, 6.45) is 0. The van der Waals surface area contributed by atoms with Gasteiger partial charge in [-0.3, -0.25) is 4.79 Å². The van der Waals surface area contributed by atoms with Gasteiger partial charge in [-0.05, 0) is 29.7 Å². The Morgan fingerprint density at radius 3 is 2.75 bits per heavy atom. The Morgan fingerprint density at radius 2 is 2.20 bits per heavy atom. The molecular formula is C10H8ClN3O4S2. The van der Waals surface area contributed by atoms with Crippen LogP contribution in [0.2, 0.25) is 0 Å². The molecule has 0 atom stereocenters. The molecule has 10 heteroatoms. The number of amides is 1. The van der Waals surface area contributed by atoms with Gasteiger partial charge in [0.05, 0.1) is 17.7 Å². The van der Waals surface area contributed by atoms with Crippen LogP contribution in [0.25, 0.3) is 0 Å². The van der Waals surface area contributed by atoms with Crippen molar-refractivity contribution in [1.82, 2.24) is 9.59 Å². The predicted octanol–water partition coefficient (Wildman–Crippen LogP) is 1.73. The summed E-state index contributed by atoms with van der Waals surface area (Å²) in [5, 5.41) is 7.57. The van der Waals surface area contributed by atoms with E-state index >= 15 is 0 Å². The highest BCUT2D eigenvalue weighted by molar-refractivity contribution is 8.13. The van der Waals surface area contributed by atoms with Gasteiger partial charge >= 0.3 is 0 Å². The topological polar surface area (TPSA) is 98.2 Å². The van der Waals surface area contributed by atoms with Gasteiger partial charge in [0.2, 0.25) is 0 Å². The van der Waals surface area contributed by atoms with Crippen LogP contribution in [0.5, 0.6) is 5.75 Å². The van der Waals surface area contributed by atoms with Gasteiger partial charge in [0, 0.05) is 16.1 Å². The number of ether oxygens (including phenoxy) is 1. The Hall–Kier alpha value is -1.71. The summed E-state index contributed by atoms with van der Waals surface area (Å²) < 4.78 is 31.2. The number of aromatic nitrogens is 2. The minimum Gasteiger partial charge on any atom is -0.495 e. The maximum Gasteiger partial charge on any atom is 0.277 e. The van der Waals surface area contributed by atoms with Gasteiger partial charge in [0.15, 0.2) is 5.69 Å². The Balaban J connectivity index is 2.37. The molecule has 1 aromatic heterocycles. The molecule has 0 aliphatic rings. The highest BCUT2D eigenvalue weighted by Crippen LogP contribution is 2.29. The van der Waals surface area contributed by atoms with Crippen LogP contribution in [0.15, 0.2) is 28.5 Å². The molecule has 0 aliphatic carbocycles. The standard InChI is InChI=1S/C10H8ClN3O4S2/c1-18-9-3-2-6(20(11,16)17)4-7(9)12-10(15)8-5-19-14-13-8/h2-5H,1H3,(H,12,15). The van der Waals surface area contributed by atoms with E-state index in [2.05, 4.69) is 14.9 Å². The second-order valence-electron chi connectivity index (χ2n) is 3.54. The first-order valence-corrected chi connectivity index (χ1v) is 8.27. The lowest BCUT2D eigenvalue weighted by Gasteiger charge is -2.10. The van der Waals surface area contributed by atoms with Gasteiger partial charge in [-0.1, -0.05) is 4.49 Å². The van der Waals surface area contributed by atoms with Crippen LogP contribution in [0.3, 0.4) is 0 Å². The molecule has 0 aliphatic heterocycles. The largest absolute Gasteiger partial charge is 0.495 e. The molecule has 1 amide bonds. The summed E-state index contributed by atoms with van der Waals surface area (Å²) >= 11 is 1.03. The van der Waals surface area contributed by atoms with E-state index in [-0.39, 0.29) is 16.3 Å². The van der Waals surface area contributed by atoms with Crippen LogP contribution >= 0.6 is 22.2 Å². The summed E-state index contributed by atoms with van der Waals surface area (Å²) in [5.41, 5.74) is 0.295. The minimum atomic E-state index is -3.90. The minimum absolute atomic E-state index is 0.121. The highest BCUT2D eigenvalue weighted by Gasteiger charge is 2.16. The molecule has 20 heavy (non-hydrogen) atoms. The maximum absolute atomic E-state index is 11.9. The van der Waals surface area contributed by atoms with Crippen molar-refractivity contribution in [3.8, 4) is 5.75 Å². The average molecular weight is 334 g/mol. The Morgan fingerprint density at radius 1 is 1.45 bits per heavy atom. The number of carbonyl (C=O) groups excluding carboxylic acids is 1. The van der Waals surface area contributed by atoms with Crippen molar-refractivity contribution in [3.05, 3.63) is 29.3 Å². The number of rotatable bonds is 4. The third kappa shape index (κ3) is 3.24. The smallest absolute Gasteiger partial charge is 0.277 e. The van der Waals surface area contributed by atoms with Gasteiger partial charge in [0.1, 0.15) is 5.75 Å². The molecule has 1 aromatic carbocycles. The van der Waals surface area contributed by atoms with E-state index in [0.717, 1.165) is 11.5 Å². The fourth-order valence-corrected chi connectivity index (χ4v) is 2.60. The molecule has 2 aromatic rings. The van der Waals surface area contributed by atoms with Gasteiger partial charge in [-0.25, -0.2) is 8.42 Å². The van der Waals surface area contributed by atoms with Gasteiger partial charge in [-0.15, -0.1) is 5.10 Å². The number of methoxy groups -OCH3 is 1. The van der Waals surface area contributed by atoms with Crippen molar-refractivity contribution >= 4 is 42.9 Å². The second-order valence-corrected chi connectivity index (χ2v) is 6.72. The maximum atomic E-state index is 11.9. The number of benzene rings is 1. The lowest BCUT2D eigenvalue weighted by atomic mass is 10.3. The summed E-state index contributed by atoms with van der Waals surface area (Å²) in [7, 11) is 2.75. The molecular weight excluding hydrogens is 326 g/mol. The van der Waals surface area contributed by atoms with E-state index < -0.39 is 15.0 Å². The van der Waals surface area contributed by atoms with Crippen molar-refractivity contribution in [2.24, 2.45) is 0 Å². The van der Waals surface area contributed by atoms with Crippen molar-refractivity contribution in [3.63, 3.8) is 0 Å². The Kier molecular flexibility index (Phi) is 4.21. The molecule has 0 saturated heterocycles. The summed E-state index contributed by atoms with van der Waals surface area (Å²) in [6.45, 7) is 0. The first-order chi connectivity index (χ1) is 9.41. The molecule has 2 rings (SSSR count). The molecule has 0 spiro atoms. The Bertz CT molecular complexity index is 731. The first kappa shape index (κ1) is 14.7. The van der Waals surface area contributed by atoms with Crippen LogP contribution in [0.4, 0.5) is 5.69 Å². The fraction of sp³-hybridized carbons (Fsp3) is 0.100. The monoisotopic (exact) mass is 333 g/mol. The SMILES string of the molecule is COc1ccc(S(=O)(=O)Cl)cc1NC(=O)c1csnn1. The molecule has 1 heterocycles. The lowest BCUT2D eigenvalue weighted by Crippen LogP contribution is -2.13. The summed E-state index contributed by atoms with van der Waals surface area (Å²) in [4.78, 5) is 11.7. The van der Waals surface area contributed by atoms with Crippen molar-refractivity contribution in [1.29, 1.82) is 0 Å². The number of hydrogen-bond donors (Lipinski definition) is 1. The van der Waals surface area contributed by atoms with Crippen molar-refractivity contribution in [2.45, 2.75) is 4.90 Å². The molecule has 106 valence electrons. The van der Waals surface area contributed by atoms with E-state index in [1.807, 2.05) is 0 Å². The fourth-order valence-electron chi connectivity index (χ4n) is 1.39. The molecule has 0 radical (unpaired) electrons. The number of nitrogens with zero attached hydrogens (tertiary/aromatic N) is 2.